The molecule has 0 aliphatic carbocycles. The predicted molar refractivity (Wildman–Crippen MR) is 101 cm³/mol. The summed E-state index contributed by atoms with van der Waals surface area (Å²) in [7, 11) is -4.10. The van der Waals surface area contributed by atoms with Crippen LogP contribution in [0.2, 0.25) is 0 Å². The van der Waals surface area contributed by atoms with Crippen LogP contribution in [0.1, 0.15) is 15.9 Å². The summed E-state index contributed by atoms with van der Waals surface area (Å²) in [6, 6.07) is 16.4. The number of hydrogen-bond donors (Lipinski definition) is 2. The third-order valence-electron chi connectivity index (χ3n) is 4.00. The molecule has 0 unspecified atom stereocenters. The number of sulfonamides is 1. The first-order chi connectivity index (χ1) is 13.3. The number of nitrogens with one attached hydrogen (secondary N) is 2. The quantitative estimate of drug-likeness (QED) is 0.641. The Kier molecular flexibility index (Phi) is 5.53. The summed E-state index contributed by atoms with van der Waals surface area (Å²) in [5.41, 5.74) is 2.15. The lowest BCUT2D eigenvalue weighted by Crippen LogP contribution is -2.42. The Morgan fingerprint density at radius 1 is 0.929 bits per heavy atom. The summed E-state index contributed by atoms with van der Waals surface area (Å²) >= 11 is 0. The van der Waals surface area contributed by atoms with Gasteiger partial charge in [-0.15, -0.1) is 4.83 Å². The largest absolute Gasteiger partial charge is 0.273 e. The molecule has 8 heteroatoms. The first-order valence-corrected chi connectivity index (χ1v) is 9.70. The number of amides is 1. The van der Waals surface area contributed by atoms with E-state index in [0.29, 0.717) is 11.1 Å². The van der Waals surface area contributed by atoms with E-state index in [1.54, 1.807) is 43.3 Å². The van der Waals surface area contributed by atoms with Crippen LogP contribution in [-0.4, -0.2) is 14.3 Å². The number of hydrogen-bond acceptors (Lipinski definition) is 3. The molecule has 5 nitrogen and oxygen atoms in total. The normalized spacial score (nSPS) is 11.2. The maximum atomic E-state index is 14.8. The average molecular weight is 402 g/mol. The average Bonchev–Trinajstić information content (AvgIpc) is 2.67. The van der Waals surface area contributed by atoms with Gasteiger partial charge in [-0.1, -0.05) is 42.5 Å². The number of carbonyl (C=O) groups excluding carboxylic acids is 1. The molecule has 3 aromatic carbocycles. The van der Waals surface area contributed by atoms with Crippen LogP contribution in [0.15, 0.2) is 71.6 Å². The molecule has 0 aromatic heterocycles. The van der Waals surface area contributed by atoms with Gasteiger partial charge in [-0.25, -0.2) is 17.2 Å². The molecule has 0 saturated heterocycles. The first kappa shape index (κ1) is 19.7. The van der Waals surface area contributed by atoms with Crippen molar-refractivity contribution in [3.63, 3.8) is 0 Å². The van der Waals surface area contributed by atoms with Gasteiger partial charge < -0.3 is 0 Å². The minimum Gasteiger partial charge on any atom is -0.273 e. The lowest BCUT2D eigenvalue weighted by molar-refractivity contribution is 0.0936. The van der Waals surface area contributed by atoms with Gasteiger partial charge in [-0.05, 0) is 42.3 Å². The highest BCUT2D eigenvalue weighted by atomic mass is 32.2. The fourth-order valence-electron chi connectivity index (χ4n) is 2.62. The maximum Gasteiger partial charge on any atom is 0.272 e. The highest BCUT2D eigenvalue weighted by Gasteiger charge is 2.23. The standard InChI is InChI=1S/C20H16F2N2O3S/c1-13-6-5-9-15(12-13)28(26,27)24-23-20(25)18-17(21)11-10-16(19(18)22)14-7-3-2-4-8-14/h2-12,24H,1H3,(H,23,25). The third-order valence-corrected chi connectivity index (χ3v) is 5.25. The Labute approximate surface area is 161 Å². The third kappa shape index (κ3) is 4.08. The highest BCUT2D eigenvalue weighted by molar-refractivity contribution is 7.89. The van der Waals surface area contributed by atoms with Crippen LogP contribution in [0.25, 0.3) is 11.1 Å². The summed E-state index contributed by atoms with van der Waals surface area (Å²) < 4.78 is 53.4. The van der Waals surface area contributed by atoms with Gasteiger partial charge in [0.05, 0.1) is 4.90 Å². The molecule has 0 saturated carbocycles. The fraction of sp³-hybridized carbons (Fsp3) is 0.0500. The van der Waals surface area contributed by atoms with Crippen LogP contribution in [0, 0.1) is 18.6 Å². The van der Waals surface area contributed by atoms with Crippen molar-refractivity contribution in [2.24, 2.45) is 0 Å². The summed E-state index contributed by atoms with van der Waals surface area (Å²) in [6.45, 7) is 1.71. The number of hydrazine groups is 1. The molecule has 0 aliphatic rings. The van der Waals surface area contributed by atoms with Crippen molar-refractivity contribution in [3.05, 3.63) is 89.5 Å². The van der Waals surface area contributed by atoms with Gasteiger partial charge in [0.25, 0.3) is 15.9 Å². The second-order valence-electron chi connectivity index (χ2n) is 6.03. The van der Waals surface area contributed by atoms with E-state index in [9.17, 15) is 22.0 Å². The number of benzene rings is 3. The predicted octanol–water partition coefficient (Wildman–Crippen LogP) is 3.56. The van der Waals surface area contributed by atoms with Crippen LogP contribution in [0.4, 0.5) is 8.78 Å². The van der Waals surface area contributed by atoms with Crippen LogP contribution in [0.5, 0.6) is 0 Å². The Morgan fingerprint density at radius 3 is 2.32 bits per heavy atom. The van der Waals surface area contributed by atoms with Gasteiger partial charge >= 0.3 is 0 Å². The van der Waals surface area contributed by atoms with Crippen molar-refractivity contribution in [1.29, 1.82) is 0 Å². The summed E-state index contributed by atoms with van der Waals surface area (Å²) in [6.07, 6.45) is 0. The van der Waals surface area contributed by atoms with Gasteiger partial charge in [0.1, 0.15) is 17.2 Å². The smallest absolute Gasteiger partial charge is 0.272 e. The van der Waals surface area contributed by atoms with Crippen LogP contribution >= 0.6 is 0 Å². The van der Waals surface area contributed by atoms with Crippen molar-refractivity contribution in [2.75, 3.05) is 0 Å². The zero-order valence-electron chi connectivity index (χ0n) is 14.7. The van der Waals surface area contributed by atoms with E-state index in [0.717, 1.165) is 6.07 Å². The van der Waals surface area contributed by atoms with Crippen molar-refractivity contribution in [3.8, 4) is 11.1 Å². The Hall–Kier alpha value is -3.10. The van der Waals surface area contributed by atoms with E-state index < -0.39 is 33.1 Å². The van der Waals surface area contributed by atoms with Crippen LogP contribution in [0.3, 0.4) is 0 Å². The highest BCUT2D eigenvalue weighted by Crippen LogP contribution is 2.26. The van der Waals surface area contributed by atoms with Gasteiger partial charge in [0, 0.05) is 5.56 Å². The van der Waals surface area contributed by atoms with Gasteiger partial charge in [-0.3, -0.25) is 10.2 Å². The summed E-state index contributed by atoms with van der Waals surface area (Å²) in [4.78, 5) is 14.1. The fourth-order valence-corrected chi connectivity index (χ4v) is 3.56. The molecule has 2 N–H and O–H groups in total. The minimum absolute atomic E-state index is 0.0219. The molecule has 0 heterocycles. The lowest BCUT2D eigenvalue weighted by Gasteiger charge is -2.12. The van der Waals surface area contributed by atoms with Crippen LogP contribution < -0.4 is 10.3 Å². The van der Waals surface area contributed by atoms with E-state index in [4.69, 9.17) is 0 Å². The van der Waals surface area contributed by atoms with Crippen LogP contribution in [-0.2, 0) is 10.0 Å². The molecule has 0 atom stereocenters. The van der Waals surface area contributed by atoms with Crippen molar-refractivity contribution in [2.45, 2.75) is 11.8 Å². The van der Waals surface area contributed by atoms with E-state index in [1.165, 1.54) is 24.3 Å². The molecule has 0 fully saturated rings. The molecule has 144 valence electrons. The molecule has 0 aliphatic heterocycles. The zero-order valence-corrected chi connectivity index (χ0v) is 15.6. The zero-order chi connectivity index (χ0) is 20.3. The Bertz CT molecular complexity index is 1130. The number of carbonyl (C=O) groups is 1. The minimum atomic E-state index is -4.10. The Morgan fingerprint density at radius 2 is 1.64 bits per heavy atom. The molecular formula is C20H16F2N2O3S. The second-order valence-corrected chi connectivity index (χ2v) is 7.71. The summed E-state index contributed by atoms with van der Waals surface area (Å²) in [5.74, 6) is -3.44. The molecule has 0 radical (unpaired) electrons. The van der Waals surface area contributed by atoms with E-state index >= 15 is 0 Å². The van der Waals surface area contributed by atoms with Gasteiger partial charge in [-0.2, -0.15) is 0 Å². The summed E-state index contributed by atoms with van der Waals surface area (Å²) in [5, 5.41) is 0. The van der Waals surface area contributed by atoms with E-state index in [-0.39, 0.29) is 10.5 Å². The second kappa shape index (κ2) is 7.87. The molecule has 0 spiro atoms. The molecule has 1 amide bonds. The topological polar surface area (TPSA) is 75.3 Å². The molecule has 3 rings (SSSR count). The number of aryl methyl sites for hydroxylation is 1. The van der Waals surface area contributed by atoms with E-state index in [1.807, 2.05) is 10.3 Å². The van der Waals surface area contributed by atoms with Crippen molar-refractivity contribution >= 4 is 15.9 Å². The molecule has 0 bridgehead atoms. The molecule has 3 aromatic rings. The number of halogens is 2. The lowest BCUT2D eigenvalue weighted by atomic mass is 10.0. The first-order valence-electron chi connectivity index (χ1n) is 8.22. The van der Waals surface area contributed by atoms with Crippen molar-refractivity contribution < 1.29 is 22.0 Å². The SMILES string of the molecule is Cc1cccc(S(=O)(=O)NNC(=O)c2c(F)ccc(-c3ccccc3)c2F)c1. The van der Waals surface area contributed by atoms with E-state index in [2.05, 4.69) is 0 Å². The monoisotopic (exact) mass is 402 g/mol. The molecule has 28 heavy (non-hydrogen) atoms. The number of rotatable bonds is 5. The molecular weight excluding hydrogens is 386 g/mol. The maximum absolute atomic E-state index is 14.8. The van der Waals surface area contributed by atoms with Crippen molar-refractivity contribution in [1.82, 2.24) is 10.3 Å². The van der Waals surface area contributed by atoms with Gasteiger partial charge in [0.2, 0.25) is 0 Å². The van der Waals surface area contributed by atoms with Gasteiger partial charge in [0.15, 0.2) is 0 Å². The Balaban J connectivity index is 1.87.